The monoisotopic (exact) mass is 551 g/mol. The summed E-state index contributed by atoms with van der Waals surface area (Å²) in [5.41, 5.74) is 1.20. The summed E-state index contributed by atoms with van der Waals surface area (Å²) in [6.45, 7) is 8.32. The molecule has 0 fully saturated rings. The smallest absolute Gasteiger partial charge is 0.248 e. The Morgan fingerprint density at radius 1 is 1.33 bits per heavy atom. The number of nitrogens with zero attached hydrogens (tertiary/aromatic N) is 4. The molecule has 0 aliphatic rings. The van der Waals surface area contributed by atoms with Gasteiger partial charge in [-0.25, -0.2) is 4.99 Å². The van der Waals surface area contributed by atoms with Crippen LogP contribution in [-0.2, 0) is 17.8 Å². The van der Waals surface area contributed by atoms with Crippen LogP contribution in [0.15, 0.2) is 38.3 Å². The Balaban J connectivity index is 0.00000364. The molecule has 0 bridgehead atoms. The first kappa shape index (κ1) is 23.8. The Morgan fingerprint density at radius 3 is 2.67 bits per heavy atom. The fourth-order valence-corrected chi connectivity index (χ4v) is 2.64. The van der Waals surface area contributed by atoms with E-state index in [0.717, 1.165) is 23.5 Å². The van der Waals surface area contributed by atoms with Crippen LogP contribution in [0.5, 0.6) is 0 Å². The highest BCUT2D eigenvalue weighted by molar-refractivity contribution is 14.0. The van der Waals surface area contributed by atoms with E-state index in [0.29, 0.717) is 24.9 Å². The van der Waals surface area contributed by atoms with Gasteiger partial charge in [-0.05, 0) is 38.5 Å². The number of benzene rings is 1. The van der Waals surface area contributed by atoms with Crippen molar-refractivity contribution in [3.05, 3.63) is 46.0 Å². The first-order valence-corrected chi connectivity index (χ1v) is 9.50. The lowest BCUT2D eigenvalue weighted by atomic mass is 10.2. The second kappa shape index (κ2) is 12.3. The van der Waals surface area contributed by atoms with Crippen LogP contribution in [0.25, 0.3) is 0 Å². The van der Waals surface area contributed by atoms with E-state index in [1.54, 1.807) is 0 Å². The molecule has 1 heterocycles. The zero-order valence-electron chi connectivity index (χ0n) is 16.1. The first-order chi connectivity index (χ1) is 12.5. The van der Waals surface area contributed by atoms with Crippen molar-refractivity contribution in [2.45, 2.75) is 40.0 Å². The van der Waals surface area contributed by atoms with E-state index in [4.69, 9.17) is 9.26 Å². The van der Waals surface area contributed by atoms with Crippen molar-refractivity contribution in [1.82, 2.24) is 20.4 Å². The average molecular weight is 552 g/mol. The Bertz CT molecular complexity index is 708. The van der Waals surface area contributed by atoms with Gasteiger partial charge in [0, 0.05) is 31.2 Å². The van der Waals surface area contributed by atoms with E-state index in [1.807, 2.05) is 40.0 Å². The largest absolute Gasteiger partial charge is 0.371 e. The average Bonchev–Trinajstić information content (AvgIpc) is 3.10. The number of hydrogen-bond donors (Lipinski definition) is 1. The molecule has 1 aromatic heterocycles. The summed E-state index contributed by atoms with van der Waals surface area (Å²) in [5.74, 6) is 1.80. The Hall–Kier alpha value is -1.20. The molecule has 1 aromatic carbocycles. The van der Waals surface area contributed by atoms with E-state index in [9.17, 15) is 0 Å². The van der Waals surface area contributed by atoms with Gasteiger partial charge in [-0.2, -0.15) is 4.98 Å². The van der Waals surface area contributed by atoms with E-state index in [2.05, 4.69) is 53.4 Å². The molecule has 0 aliphatic heterocycles. The predicted octanol–water partition coefficient (Wildman–Crippen LogP) is 4.15. The molecule has 1 unspecified atom stereocenters. The topological polar surface area (TPSA) is 75.8 Å². The molecule has 27 heavy (non-hydrogen) atoms. The first-order valence-electron chi connectivity index (χ1n) is 8.71. The SMILES string of the molecule is CCNC(=NCc1nc(C(C)OCC)no1)N(C)Cc1ccc(Br)cc1.I. The van der Waals surface area contributed by atoms with Crippen molar-refractivity contribution in [3.63, 3.8) is 0 Å². The van der Waals surface area contributed by atoms with Crippen molar-refractivity contribution < 1.29 is 9.26 Å². The van der Waals surface area contributed by atoms with Gasteiger partial charge in [0.15, 0.2) is 11.8 Å². The number of guanidine groups is 1. The number of hydrogen-bond acceptors (Lipinski definition) is 5. The van der Waals surface area contributed by atoms with Gasteiger partial charge in [0.25, 0.3) is 0 Å². The molecule has 0 spiro atoms. The van der Waals surface area contributed by atoms with Gasteiger partial charge in [-0.1, -0.05) is 33.2 Å². The zero-order chi connectivity index (χ0) is 18.9. The van der Waals surface area contributed by atoms with Crippen LogP contribution in [0.4, 0.5) is 0 Å². The van der Waals surface area contributed by atoms with Gasteiger partial charge >= 0.3 is 0 Å². The van der Waals surface area contributed by atoms with Gasteiger partial charge in [-0.3, -0.25) is 0 Å². The van der Waals surface area contributed by atoms with Crippen molar-refractivity contribution in [2.75, 3.05) is 20.2 Å². The zero-order valence-corrected chi connectivity index (χ0v) is 20.0. The second-order valence-electron chi connectivity index (χ2n) is 5.80. The second-order valence-corrected chi connectivity index (χ2v) is 6.71. The number of rotatable bonds is 8. The molecule has 1 N–H and O–H groups in total. The molecule has 150 valence electrons. The lowest BCUT2D eigenvalue weighted by Gasteiger charge is -2.22. The maximum Gasteiger partial charge on any atom is 0.248 e. The molecule has 0 saturated heterocycles. The van der Waals surface area contributed by atoms with E-state index in [1.165, 1.54) is 5.56 Å². The standard InChI is InChI=1S/C18H26BrN5O2.HI/c1-5-20-18(24(4)12-14-7-9-15(19)10-8-14)21-11-16-22-17(23-26-16)13(3)25-6-2;/h7-10,13H,5-6,11-12H2,1-4H3,(H,20,21);1H. The Kier molecular flexibility index (Phi) is 10.9. The third kappa shape index (κ3) is 7.74. The molecule has 9 heteroatoms. The van der Waals surface area contributed by atoms with Crippen LogP contribution in [0.1, 0.15) is 44.2 Å². The number of nitrogens with one attached hydrogen (secondary N) is 1. The van der Waals surface area contributed by atoms with Crippen molar-refractivity contribution in [2.24, 2.45) is 4.99 Å². The third-order valence-electron chi connectivity index (χ3n) is 3.66. The fraction of sp³-hybridized carbons (Fsp3) is 0.500. The third-order valence-corrected chi connectivity index (χ3v) is 4.19. The van der Waals surface area contributed by atoms with Crippen LogP contribution in [0, 0.1) is 0 Å². The summed E-state index contributed by atoms with van der Waals surface area (Å²) < 4.78 is 11.8. The number of aromatic nitrogens is 2. The molecule has 2 aromatic rings. The van der Waals surface area contributed by atoms with Crippen LogP contribution in [0.3, 0.4) is 0 Å². The summed E-state index contributed by atoms with van der Waals surface area (Å²) in [6.07, 6.45) is -0.185. The minimum atomic E-state index is -0.185. The number of ether oxygens (including phenoxy) is 1. The highest BCUT2D eigenvalue weighted by atomic mass is 127. The fourth-order valence-electron chi connectivity index (χ4n) is 2.37. The van der Waals surface area contributed by atoms with Crippen LogP contribution in [0.2, 0.25) is 0 Å². The molecular weight excluding hydrogens is 525 g/mol. The molecule has 2 rings (SSSR count). The van der Waals surface area contributed by atoms with Gasteiger partial charge in [0.1, 0.15) is 12.6 Å². The van der Waals surface area contributed by atoms with E-state index < -0.39 is 0 Å². The van der Waals surface area contributed by atoms with E-state index >= 15 is 0 Å². The Morgan fingerprint density at radius 2 is 2.04 bits per heavy atom. The van der Waals surface area contributed by atoms with Gasteiger partial charge in [0.2, 0.25) is 5.89 Å². The molecular formula is C18H27BrIN5O2. The summed E-state index contributed by atoms with van der Waals surface area (Å²) in [5, 5.41) is 7.25. The quantitative estimate of drug-likeness (QED) is 0.302. The van der Waals surface area contributed by atoms with Gasteiger partial charge in [-0.15, -0.1) is 24.0 Å². The molecule has 0 radical (unpaired) electrons. The van der Waals surface area contributed by atoms with Crippen molar-refractivity contribution >= 4 is 45.9 Å². The highest BCUT2D eigenvalue weighted by Crippen LogP contribution is 2.14. The maximum absolute atomic E-state index is 5.47. The minimum Gasteiger partial charge on any atom is -0.371 e. The van der Waals surface area contributed by atoms with Crippen molar-refractivity contribution in [1.29, 1.82) is 0 Å². The van der Waals surface area contributed by atoms with Gasteiger partial charge in [0.05, 0.1) is 0 Å². The normalized spacial score (nSPS) is 12.4. The summed E-state index contributed by atoms with van der Waals surface area (Å²) in [6, 6.07) is 8.24. The van der Waals surface area contributed by atoms with Crippen LogP contribution < -0.4 is 5.32 Å². The summed E-state index contributed by atoms with van der Waals surface area (Å²) in [7, 11) is 2.00. The van der Waals surface area contributed by atoms with E-state index in [-0.39, 0.29) is 30.1 Å². The van der Waals surface area contributed by atoms with Crippen molar-refractivity contribution in [3.8, 4) is 0 Å². The summed E-state index contributed by atoms with van der Waals surface area (Å²) >= 11 is 3.46. The predicted molar refractivity (Wildman–Crippen MR) is 120 cm³/mol. The number of halogens is 2. The van der Waals surface area contributed by atoms with Crippen LogP contribution >= 0.6 is 39.9 Å². The molecule has 1 atom stereocenters. The molecule has 7 nitrogen and oxygen atoms in total. The van der Waals surface area contributed by atoms with Crippen LogP contribution in [-0.4, -0.2) is 41.2 Å². The molecule has 0 amide bonds. The van der Waals surface area contributed by atoms with Gasteiger partial charge < -0.3 is 19.5 Å². The highest BCUT2D eigenvalue weighted by Gasteiger charge is 2.14. The molecule has 0 saturated carbocycles. The summed E-state index contributed by atoms with van der Waals surface area (Å²) in [4.78, 5) is 11.0. The minimum absolute atomic E-state index is 0. The lowest BCUT2D eigenvalue weighted by Crippen LogP contribution is -2.38. The Labute approximate surface area is 186 Å². The number of aliphatic imine (C=N–C) groups is 1. The maximum atomic E-state index is 5.47. The lowest BCUT2D eigenvalue weighted by molar-refractivity contribution is 0.0683. The molecule has 0 aliphatic carbocycles.